The third kappa shape index (κ3) is 7.22. The standard InChI is InChI=1S/C27H35ClO4S/c1-18-13-23(14-19(2)24(18)16-30)33-17-25-21(9-10-26(25)28)7-3-5-20-6-4-8-22(15-20)27(31)32-12-11-29/h4,6,8,13-15,21,25-26,29-30H,3,5,7,9-12,16-17H2,1-2H3/t21-,25+,26?/m0/s1. The van der Waals surface area contributed by atoms with E-state index in [2.05, 4.69) is 32.0 Å². The van der Waals surface area contributed by atoms with Crippen molar-refractivity contribution in [3.8, 4) is 0 Å². The molecule has 1 aliphatic rings. The van der Waals surface area contributed by atoms with Crippen LogP contribution in [0.25, 0.3) is 0 Å². The first-order chi connectivity index (χ1) is 15.9. The molecular formula is C27H35ClO4S. The van der Waals surface area contributed by atoms with Crippen LogP contribution < -0.4 is 0 Å². The molecule has 0 heterocycles. The molecule has 1 fully saturated rings. The molecule has 1 saturated carbocycles. The van der Waals surface area contributed by atoms with Gasteiger partial charge in [-0.2, -0.15) is 0 Å². The summed E-state index contributed by atoms with van der Waals surface area (Å²) in [6, 6.07) is 11.9. The number of ether oxygens (including phenoxy) is 1. The molecule has 1 unspecified atom stereocenters. The number of aliphatic hydroxyl groups is 2. The van der Waals surface area contributed by atoms with Crippen molar-refractivity contribution in [2.24, 2.45) is 11.8 Å². The maximum Gasteiger partial charge on any atom is 0.338 e. The number of benzene rings is 2. The average Bonchev–Trinajstić information content (AvgIpc) is 3.15. The fraction of sp³-hybridized carbons (Fsp3) is 0.519. The van der Waals surface area contributed by atoms with Crippen molar-refractivity contribution in [1.82, 2.24) is 0 Å². The second-order valence-electron chi connectivity index (χ2n) is 8.97. The number of hydrogen-bond donors (Lipinski definition) is 2. The third-order valence-electron chi connectivity index (χ3n) is 6.68. The fourth-order valence-electron chi connectivity index (χ4n) is 4.82. The lowest BCUT2D eigenvalue weighted by Gasteiger charge is -2.22. The first-order valence-corrected chi connectivity index (χ1v) is 13.2. The molecule has 180 valence electrons. The Hall–Kier alpha value is -1.53. The van der Waals surface area contributed by atoms with E-state index in [-0.39, 0.29) is 31.2 Å². The number of esters is 1. The van der Waals surface area contributed by atoms with Gasteiger partial charge in [-0.1, -0.05) is 12.1 Å². The van der Waals surface area contributed by atoms with Gasteiger partial charge < -0.3 is 14.9 Å². The number of aryl methyl sites for hydroxylation is 3. The van der Waals surface area contributed by atoms with Crippen LogP contribution in [-0.2, 0) is 17.8 Å². The van der Waals surface area contributed by atoms with Gasteiger partial charge in [-0.15, -0.1) is 23.4 Å². The zero-order chi connectivity index (χ0) is 23.8. The van der Waals surface area contributed by atoms with Gasteiger partial charge in [0.05, 0.1) is 18.8 Å². The molecule has 0 saturated heterocycles. The first-order valence-electron chi connectivity index (χ1n) is 11.8. The van der Waals surface area contributed by atoms with Crippen molar-refractivity contribution in [1.29, 1.82) is 0 Å². The van der Waals surface area contributed by atoms with E-state index in [1.807, 2.05) is 23.9 Å². The van der Waals surface area contributed by atoms with E-state index in [0.29, 0.717) is 17.4 Å². The SMILES string of the molecule is Cc1cc(SC[C@H]2C(Cl)CC[C@@H]2CCCc2cccc(C(=O)OCCO)c2)cc(C)c1CO. The minimum absolute atomic E-state index is 0.0223. The number of thioether (sulfide) groups is 1. The van der Waals surface area contributed by atoms with Crippen LogP contribution in [-0.4, -0.2) is 40.5 Å². The summed E-state index contributed by atoms with van der Waals surface area (Å²) in [5, 5.41) is 18.6. The van der Waals surface area contributed by atoms with E-state index >= 15 is 0 Å². The Morgan fingerprint density at radius 1 is 1.15 bits per heavy atom. The second kappa shape index (κ2) is 12.8. The summed E-state index contributed by atoms with van der Waals surface area (Å²) in [4.78, 5) is 13.3. The molecule has 4 nitrogen and oxygen atoms in total. The number of aliphatic hydroxyl groups excluding tert-OH is 2. The van der Waals surface area contributed by atoms with Crippen LogP contribution in [0.5, 0.6) is 0 Å². The van der Waals surface area contributed by atoms with Crippen molar-refractivity contribution in [3.05, 3.63) is 64.2 Å². The number of halogens is 1. The summed E-state index contributed by atoms with van der Waals surface area (Å²) in [7, 11) is 0. The Morgan fingerprint density at radius 2 is 1.91 bits per heavy atom. The van der Waals surface area contributed by atoms with Crippen LogP contribution in [0.4, 0.5) is 0 Å². The molecule has 2 aromatic carbocycles. The Kier molecular flexibility index (Phi) is 10.1. The Balaban J connectivity index is 1.52. The first kappa shape index (κ1) is 26.1. The largest absolute Gasteiger partial charge is 0.460 e. The van der Waals surface area contributed by atoms with Gasteiger partial charge in [0, 0.05) is 16.0 Å². The molecule has 2 N–H and O–H groups in total. The Bertz CT molecular complexity index is 909. The topological polar surface area (TPSA) is 66.8 Å². The van der Waals surface area contributed by atoms with Crippen molar-refractivity contribution < 1.29 is 19.7 Å². The molecule has 0 aliphatic heterocycles. The monoisotopic (exact) mass is 490 g/mol. The van der Waals surface area contributed by atoms with Crippen molar-refractivity contribution in [3.63, 3.8) is 0 Å². The van der Waals surface area contributed by atoms with E-state index in [1.165, 1.54) is 11.3 Å². The number of alkyl halides is 1. The van der Waals surface area contributed by atoms with Crippen molar-refractivity contribution in [2.75, 3.05) is 19.0 Å². The molecule has 0 aromatic heterocycles. The summed E-state index contributed by atoms with van der Waals surface area (Å²) in [6.45, 7) is 4.07. The highest BCUT2D eigenvalue weighted by atomic mass is 35.5. The molecule has 0 bridgehead atoms. The van der Waals surface area contributed by atoms with Gasteiger partial charge in [-0.05, 0) is 104 Å². The summed E-state index contributed by atoms with van der Waals surface area (Å²) in [5.41, 5.74) is 4.99. The van der Waals surface area contributed by atoms with Gasteiger partial charge in [0.15, 0.2) is 0 Å². The summed E-state index contributed by atoms with van der Waals surface area (Å²) < 4.78 is 5.02. The number of rotatable bonds is 11. The van der Waals surface area contributed by atoms with Crippen LogP contribution in [0.3, 0.4) is 0 Å². The predicted octanol–water partition coefficient (Wildman–Crippen LogP) is 5.69. The Labute approximate surface area is 206 Å². The van der Waals surface area contributed by atoms with Crippen molar-refractivity contribution in [2.45, 2.75) is 62.8 Å². The molecule has 2 aromatic rings. The van der Waals surface area contributed by atoms with E-state index in [9.17, 15) is 9.90 Å². The van der Waals surface area contributed by atoms with Gasteiger partial charge in [0.25, 0.3) is 0 Å². The molecule has 3 atom stereocenters. The molecule has 1 aliphatic carbocycles. The summed E-state index contributed by atoms with van der Waals surface area (Å²) >= 11 is 8.61. The van der Waals surface area contributed by atoms with Crippen LogP contribution in [0.2, 0.25) is 0 Å². The van der Waals surface area contributed by atoms with Gasteiger partial charge in [-0.3, -0.25) is 0 Å². The third-order valence-corrected chi connectivity index (χ3v) is 8.34. The van der Waals surface area contributed by atoms with Gasteiger partial charge in [0.1, 0.15) is 6.61 Å². The number of carbonyl (C=O) groups is 1. The van der Waals surface area contributed by atoms with Crippen LogP contribution in [0, 0.1) is 25.7 Å². The maximum absolute atomic E-state index is 12.0. The minimum atomic E-state index is -0.388. The molecular weight excluding hydrogens is 456 g/mol. The fourth-order valence-corrected chi connectivity index (χ4v) is 6.75. The molecule has 33 heavy (non-hydrogen) atoms. The molecule has 3 rings (SSSR count). The van der Waals surface area contributed by atoms with Crippen LogP contribution in [0.15, 0.2) is 41.3 Å². The van der Waals surface area contributed by atoms with Crippen LogP contribution >= 0.6 is 23.4 Å². The minimum Gasteiger partial charge on any atom is -0.460 e. The smallest absolute Gasteiger partial charge is 0.338 e. The number of hydrogen-bond acceptors (Lipinski definition) is 5. The molecule has 6 heteroatoms. The Morgan fingerprint density at radius 3 is 2.61 bits per heavy atom. The average molecular weight is 491 g/mol. The van der Waals surface area contributed by atoms with Gasteiger partial charge >= 0.3 is 5.97 Å². The molecule has 0 amide bonds. The lowest BCUT2D eigenvalue weighted by molar-refractivity contribution is 0.0433. The quantitative estimate of drug-likeness (QED) is 0.240. The van der Waals surface area contributed by atoms with E-state index in [1.54, 1.807) is 6.07 Å². The summed E-state index contributed by atoms with van der Waals surface area (Å²) in [6.07, 6.45) is 5.37. The summed E-state index contributed by atoms with van der Waals surface area (Å²) in [5.74, 6) is 1.75. The zero-order valence-electron chi connectivity index (χ0n) is 19.6. The van der Waals surface area contributed by atoms with Gasteiger partial charge in [0.2, 0.25) is 0 Å². The molecule has 0 spiro atoms. The predicted molar refractivity (Wildman–Crippen MR) is 135 cm³/mol. The maximum atomic E-state index is 12.0. The second-order valence-corrected chi connectivity index (χ2v) is 10.6. The van der Waals surface area contributed by atoms with E-state index < -0.39 is 0 Å². The zero-order valence-corrected chi connectivity index (χ0v) is 21.1. The highest BCUT2D eigenvalue weighted by molar-refractivity contribution is 7.99. The van der Waals surface area contributed by atoms with Gasteiger partial charge in [-0.25, -0.2) is 4.79 Å². The lowest BCUT2D eigenvalue weighted by atomic mass is 9.91. The molecule has 0 radical (unpaired) electrons. The van der Waals surface area contributed by atoms with Crippen LogP contribution in [0.1, 0.15) is 58.3 Å². The normalized spacial score (nSPS) is 20.2. The van der Waals surface area contributed by atoms with Crippen molar-refractivity contribution >= 4 is 29.3 Å². The highest BCUT2D eigenvalue weighted by Gasteiger charge is 2.34. The number of carbonyl (C=O) groups excluding carboxylic acids is 1. The highest BCUT2D eigenvalue weighted by Crippen LogP contribution is 2.42. The van der Waals surface area contributed by atoms with E-state index in [0.717, 1.165) is 53.7 Å². The van der Waals surface area contributed by atoms with E-state index in [4.69, 9.17) is 21.4 Å². The lowest BCUT2D eigenvalue weighted by Crippen LogP contribution is -2.18.